The SMILES string of the molecule is CN(C)c1ccc(N=CC(=O)c2ccc3ccccc3c2)cc1.CN(C)c1ccc(N=CC(=O)c2ccc3ccccc3c2)cc1.[Cl-].[Cl-].[Cl][Hf+2][Cl]. The van der Waals surface area contributed by atoms with E-state index in [1.54, 1.807) is 0 Å². The first kappa shape index (κ1) is 43.3. The molecule has 0 aliphatic heterocycles. The Kier molecular flexibility index (Phi) is 18.8. The van der Waals surface area contributed by atoms with E-state index >= 15 is 0 Å². The molecule has 0 bridgehead atoms. The molecule has 260 valence electrons. The Morgan fingerprint density at radius 3 is 1.14 bits per heavy atom. The van der Waals surface area contributed by atoms with Crippen LogP contribution in [0.5, 0.6) is 0 Å². The number of rotatable bonds is 8. The summed E-state index contributed by atoms with van der Waals surface area (Å²) in [6.45, 7) is 0. The summed E-state index contributed by atoms with van der Waals surface area (Å²) in [5, 5.41) is 4.37. The van der Waals surface area contributed by atoms with Crippen LogP contribution in [-0.2, 0) is 20.5 Å². The average Bonchev–Trinajstić information content (AvgIpc) is 3.13. The van der Waals surface area contributed by atoms with Crippen molar-refractivity contribution in [3.05, 3.63) is 145 Å². The monoisotopic (exact) mass is 924 g/mol. The van der Waals surface area contributed by atoms with E-state index in [2.05, 4.69) is 9.98 Å². The maximum absolute atomic E-state index is 12.3. The van der Waals surface area contributed by atoms with Crippen molar-refractivity contribution in [1.82, 2.24) is 0 Å². The molecule has 0 heterocycles. The van der Waals surface area contributed by atoms with Crippen LogP contribution in [0.4, 0.5) is 22.7 Å². The number of aliphatic imine (C=N–C) groups is 2. The van der Waals surface area contributed by atoms with Crippen molar-refractivity contribution in [2.45, 2.75) is 0 Å². The van der Waals surface area contributed by atoms with Gasteiger partial charge in [0.1, 0.15) is 0 Å². The Morgan fingerprint density at radius 1 is 0.510 bits per heavy atom. The number of carbonyl (C=O) groups is 2. The van der Waals surface area contributed by atoms with E-state index in [4.69, 9.17) is 17.2 Å². The van der Waals surface area contributed by atoms with Crippen LogP contribution in [0, 0.1) is 0 Å². The number of hydrogen-bond acceptors (Lipinski definition) is 6. The second-order valence-corrected chi connectivity index (χ2v) is 16.5. The van der Waals surface area contributed by atoms with Crippen molar-refractivity contribution in [3.8, 4) is 0 Å². The fourth-order valence-electron chi connectivity index (χ4n) is 4.77. The number of hydrogen-bond donors (Lipinski definition) is 0. The van der Waals surface area contributed by atoms with Gasteiger partial charge in [-0.05, 0) is 82.2 Å². The third-order valence-electron chi connectivity index (χ3n) is 7.46. The molecule has 11 heteroatoms. The first-order valence-electron chi connectivity index (χ1n) is 15.3. The molecule has 0 N–H and O–H groups in total. The van der Waals surface area contributed by atoms with Gasteiger partial charge in [-0.25, -0.2) is 0 Å². The van der Waals surface area contributed by atoms with Gasteiger partial charge >= 0.3 is 37.7 Å². The standard InChI is InChI=1S/2C20H18N2O.4ClH.Hf/c2*1-22(2)19-11-9-18(10-12-19)21-14-20(23)17-8-7-15-5-3-4-6-16(15)13-17;;;;;/h2*3-14H,1-2H3;4*1H;/q;;;;;;+4/p-4. The molecule has 0 saturated carbocycles. The maximum atomic E-state index is 12.3. The summed E-state index contributed by atoms with van der Waals surface area (Å²) in [6, 6.07) is 42.9. The molecular formula is C40H36Cl4HfN4O2. The van der Waals surface area contributed by atoms with Crippen molar-refractivity contribution in [2.24, 2.45) is 9.98 Å². The normalized spacial score (nSPS) is 10.2. The molecule has 0 aliphatic carbocycles. The molecule has 0 amide bonds. The molecule has 51 heavy (non-hydrogen) atoms. The van der Waals surface area contributed by atoms with Crippen LogP contribution in [0.3, 0.4) is 0 Å². The van der Waals surface area contributed by atoms with E-state index in [1.807, 2.05) is 171 Å². The van der Waals surface area contributed by atoms with E-state index < -0.39 is 20.5 Å². The van der Waals surface area contributed by atoms with Gasteiger partial charge in [-0.15, -0.1) is 0 Å². The first-order chi connectivity index (χ1) is 23.7. The fourth-order valence-corrected chi connectivity index (χ4v) is 4.77. The summed E-state index contributed by atoms with van der Waals surface area (Å²) in [5.74, 6) is -0.181. The topological polar surface area (TPSA) is 65.3 Å². The molecule has 6 nitrogen and oxygen atoms in total. The van der Waals surface area contributed by atoms with E-state index in [0.717, 1.165) is 44.3 Å². The predicted octanol–water partition coefficient (Wildman–Crippen LogP) is 4.37. The number of carbonyl (C=O) groups excluding carboxylic acids is 2. The van der Waals surface area contributed by atoms with Crippen molar-refractivity contribution < 1.29 is 54.9 Å². The second kappa shape index (κ2) is 22.2. The number of Topliss-reactive ketones (excluding diaryl/α,β-unsaturated/α-hetero) is 2. The molecule has 0 aliphatic rings. The van der Waals surface area contributed by atoms with Crippen LogP contribution in [0.2, 0.25) is 0 Å². The summed E-state index contributed by atoms with van der Waals surface area (Å²) in [6.07, 6.45) is 2.77. The predicted molar refractivity (Wildman–Crippen MR) is 206 cm³/mol. The minimum atomic E-state index is -0.972. The fraction of sp³-hybridized carbons (Fsp3) is 0.100. The molecule has 0 atom stereocenters. The zero-order valence-electron chi connectivity index (χ0n) is 28.5. The Balaban J connectivity index is 0.000000317. The first-order valence-corrected chi connectivity index (χ1v) is 24.2. The van der Waals surface area contributed by atoms with Gasteiger partial charge in [0, 0.05) is 50.7 Å². The van der Waals surface area contributed by atoms with Crippen molar-refractivity contribution in [2.75, 3.05) is 38.0 Å². The summed E-state index contributed by atoms with van der Waals surface area (Å²) < 4.78 is 0. The number of benzene rings is 6. The molecule has 0 saturated heterocycles. The Labute approximate surface area is 330 Å². The average molecular weight is 925 g/mol. The summed E-state index contributed by atoms with van der Waals surface area (Å²) in [5.41, 5.74) is 5.04. The van der Waals surface area contributed by atoms with Gasteiger partial charge in [0.2, 0.25) is 11.6 Å². The Morgan fingerprint density at radius 2 is 0.824 bits per heavy atom. The van der Waals surface area contributed by atoms with Crippen molar-refractivity contribution >= 4 is 85.4 Å². The number of ketones is 2. The van der Waals surface area contributed by atoms with Crippen LogP contribution in [0.1, 0.15) is 20.7 Å². The van der Waals surface area contributed by atoms with E-state index in [-0.39, 0.29) is 36.4 Å². The van der Waals surface area contributed by atoms with Gasteiger partial charge in [-0.1, -0.05) is 72.8 Å². The van der Waals surface area contributed by atoms with Crippen molar-refractivity contribution in [1.29, 1.82) is 0 Å². The van der Waals surface area contributed by atoms with Gasteiger partial charge in [-0.2, -0.15) is 0 Å². The number of fused-ring (bicyclic) bond motifs is 2. The van der Waals surface area contributed by atoms with Gasteiger partial charge in [-0.3, -0.25) is 19.6 Å². The third kappa shape index (κ3) is 13.3. The van der Waals surface area contributed by atoms with Crippen LogP contribution in [0.25, 0.3) is 21.5 Å². The molecule has 0 radical (unpaired) electrons. The summed E-state index contributed by atoms with van der Waals surface area (Å²) >= 11 is -0.972. The van der Waals surface area contributed by atoms with E-state index in [1.165, 1.54) is 12.4 Å². The third-order valence-corrected chi connectivity index (χ3v) is 7.46. The molecule has 0 fully saturated rings. The molecule has 0 spiro atoms. The number of nitrogens with zero attached hydrogens (tertiary/aromatic N) is 4. The van der Waals surface area contributed by atoms with Crippen LogP contribution >= 0.6 is 17.2 Å². The van der Waals surface area contributed by atoms with Gasteiger partial charge in [0.15, 0.2) is 0 Å². The molecule has 6 rings (SSSR count). The molecule has 6 aromatic rings. The second-order valence-electron chi connectivity index (χ2n) is 11.3. The molecular weight excluding hydrogens is 889 g/mol. The zero-order chi connectivity index (χ0) is 35.2. The van der Waals surface area contributed by atoms with Gasteiger partial charge < -0.3 is 34.6 Å². The summed E-state index contributed by atoms with van der Waals surface area (Å²) in [7, 11) is 17.9. The van der Waals surface area contributed by atoms with E-state index in [0.29, 0.717) is 11.1 Å². The zero-order valence-corrected chi connectivity index (χ0v) is 35.1. The molecule has 6 aromatic carbocycles. The van der Waals surface area contributed by atoms with Crippen LogP contribution in [-0.4, -0.2) is 52.2 Å². The Hall–Kier alpha value is -3.85. The van der Waals surface area contributed by atoms with Gasteiger partial charge in [0.25, 0.3) is 0 Å². The number of anilines is 2. The molecule has 0 aromatic heterocycles. The van der Waals surface area contributed by atoms with E-state index in [9.17, 15) is 9.59 Å². The quantitative estimate of drug-likeness (QED) is 0.130. The Bertz CT molecular complexity index is 1920. The summed E-state index contributed by atoms with van der Waals surface area (Å²) in [4.78, 5) is 37.1. The van der Waals surface area contributed by atoms with Crippen molar-refractivity contribution in [3.63, 3.8) is 0 Å². The van der Waals surface area contributed by atoms with Gasteiger partial charge in [0.05, 0.1) is 23.8 Å². The van der Waals surface area contributed by atoms with Crippen LogP contribution in [0.15, 0.2) is 143 Å². The molecule has 0 unspecified atom stereocenters. The van der Waals surface area contributed by atoms with Crippen LogP contribution < -0.4 is 34.6 Å². The number of halogens is 4. The minimum absolute atomic E-state index is 0.